The number of anilines is 2. The Hall–Kier alpha value is -1.48. The van der Waals surface area contributed by atoms with Gasteiger partial charge in [-0.25, -0.2) is 0 Å². The average Bonchev–Trinajstić information content (AvgIpc) is 2.82. The van der Waals surface area contributed by atoms with Crippen molar-refractivity contribution in [1.82, 2.24) is 0 Å². The zero-order valence-corrected chi connectivity index (χ0v) is 11.1. The highest BCUT2D eigenvalue weighted by molar-refractivity contribution is 7.10. The molecule has 2 rings (SSSR count). The predicted molar refractivity (Wildman–Crippen MR) is 76.6 cm³/mol. The Kier molecular flexibility index (Phi) is 3.69. The lowest BCUT2D eigenvalue weighted by Crippen LogP contribution is -2.10. The van der Waals surface area contributed by atoms with Gasteiger partial charge in [0.25, 0.3) is 0 Å². The smallest absolute Gasteiger partial charge is 0.0608 e. The molecule has 0 amide bonds. The third-order valence-corrected chi connectivity index (χ3v) is 3.90. The Labute approximate surface area is 106 Å². The van der Waals surface area contributed by atoms with E-state index in [1.54, 1.807) is 11.3 Å². The fraction of sp³-hybridized carbons (Fsp3) is 0.286. The molecule has 2 aromatic rings. The first kappa shape index (κ1) is 12.0. The normalized spacial score (nSPS) is 12.4. The number of aryl methyl sites for hydroxylation is 1. The largest absolute Gasteiger partial charge is 0.397 e. The zero-order valence-electron chi connectivity index (χ0n) is 10.2. The van der Waals surface area contributed by atoms with Crippen LogP contribution in [0.3, 0.4) is 0 Å². The Morgan fingerprint density at radius 1 is 1.29 bits per heavy atom. The summed E-state index contributed by atoms with van der Waals surface area (Å²) in [4.78, 5) is 1.36. The number of nitrogens with two attached hydrogens (primary N) is 1. The van der Waals surface area contributed by atoms with Crippen molar-refractivity contribution in [3.05, 3.63) is 46.2 Å². The van der Waals surface area contributed by atoms with Crippen molar-refractivity contribution in [2.24, 2.45) is 0 Å². The summed E-state index contributed by atoms with van der Waals surface area (Å²) >= 11 is 1.78. The molecule has 0 saturated carbocycles. The fourth-order valence-corrected chi connectivity index (χ4v) is 2.79. The van der Waals surface area contributed by atoms with Gasteiger partial charge in [0.15, 0.2) is 0 Å². The molecule has 3 heteroatoms. The van der Waals surface area contributed by atoms with Crippen molar-refractivity contribution < 1.29 is 0 Å². The molecule has 0 saturated heterocycles. The van der Waals surface area contributed by atoms with Crippen molar-refractivity contribution in [2.45, 2.75) is 26.3 Å². The summed E-state index contributed by atoms with van der Waals surface area (Å²) < 4.78 is 0. The van der Waals surface area contributed by atoms with Crippen molar-refractivity contribution in [3.63, 3.8) is 0 Å². The second-order valence-electron chi connectivity index (χ2n) is 4.16. The average molecular weight is 246 g/mol. The molecular formula is C14H18N2S. The van der Waals surface area contributed by atoms with E-state index in [1.807, 2.05) is 12.1 Å². The Bertz CT molecular complexity index is 457. The summed E-state index contributed by atoms with van der Waals surface area (Å²) in [7, 11) is 0. The number of para-hydroxylation sites is 1. The van der Waals surface area contributed by atoms with Gasteiger partial charge in [0, 0.05) is 4.88 Å². The van der Waals surface area contributed by atoms with Crippen LogP contribution in [-0.4, -0.2) is 0 Å². The van der Waals surface area contributed by atoms with Crippen molar-refractivity contribution in [2.75, 3.05) is 11.1 Å². The minimum absolute atomic E-state index is 0.346. The van der Waals surface area contributed by atoms with Crippen LogP contribution < -0.4 is 11.1 Å². The molecule has 1 aromatic carbocycles. The van der Waals surface area contributed by atoms with Crippen LogP contribution in [0.5, 0.6) is 0 Å². The van der Waals surface area contributed by atoms with Crippen molar-refractivity contribution in [3.8, 4) is 0 Å². The van der Waals surface area contributed by atoms with Crippen LogP contribution in [0.25, 0.3) is 0 Å². The second kappa shape index (κ2) is 5.23. The van der Waals surface area contributed by atoms with Gasteiger partial charge >= 0.3 is 0 Å². The Morgan fingerprint density at radius 3 is 2.71 bits per heavy atom. The van der Waals surface area contributed by atoms with Gasteiger partial charge < -0.3 is 11.1 Å². The minimum atomic E-state index is 0.346. The van der Waals surface area contributed by atoms with Crippen LogP contribution in [0.15, 0.2) is 35.7 Å². The predicted octanol–water partition coefficient (Wildman–Crippen LogP) is 4.20. The van der Waals surface area contributed by atoms with E-state index in [0.29, 0.717) is 6.04 Å². The minimum Gasteiger partial charge on any atom is -0.397 e. The molecule has 1 atom stereocenters. The van der Waals surface area contributed by atoms with Gasteiger partial charge in [0.05, 0.1) is 17.4 Å². The van der Waals surface area contributed by atoms with Crippen LogP contribution >= 0.6 is 11.3 Å². The summed E-state index contributed by atoms with van der Waals surface area (Å²) in [6.45, 7) is 4.27. The Balaban J connectivity index is 2.25. The highest BCUT2D eigenvalue weighted by Gasteiger charge is 2.12. The summed E-state index contributed by atoms with van der Waals surface area (Å²) in [6, 6.07) is 10.6. The van der Waals surface area contributed by atoms with E-state index in [-0.39, 0.29) is 0 Å². The number of hydrogen-bond acceptors (Lipinski definition) is 3. The lowest BCUT2D eigenvalue weighted by Gasteiger charge is -2.20. The first-order chi connectivity index (χ1) is 8.22. The highest BCUT2D eigenvalue weighted by Crippen LogP contribution is 2.30. The topological polar surface area (TPSA) is 38.0 Å². The lowest BCUT2D eigenvalue weighted by atomic mass is 10.1. The molecule has 3 N–H and O–H groups in total. The molecule has 0 aliphatic rings. The molecule has 1 heterocycles. The highest BCUT2D eigenvalue weighted by atomic mass is 32.1. The maximum Gasteiger partial charge on any atom is 0.0608 e. The van der Waals surface area contributed by atoms with Crippen molar-refractivity contribution in [1.29, 1.82) is 0 Å². The van der Waals surface area contributed by atoms with Gasteiger partial charge in [-0.15, -0.1) is 11.3 Å². The molecule has 1 unspecified atom stereocenters. The Morgan fingerprint density at radius 2 is 2.12 bits per heavy atom. The molecular weight excluding hydrogens is 228 g/mol. The molecule has 0 bridgehead atoms. The van der Waals surface area contributed by atoms with Gasteiger partial charge in [-0.1, -0.05) is 25.1 Å². The van der Waals surface area contributed by atoms with Crippen LogP contribution in [0.1, 0.15) is 29.8 Å². The van der Waals surface area contributed by atoms with Crippen LogP contribution in [0.4, 0.5) is 11.4 Å². The van der Waals surface area contributed by atoms with E-state index in [0.717, 1.165) is 17.8 Å². The molecule has 0 radical (unpaired) electrons. The molecule has 2 nitrogen and oxygen atoms in total. The number of rotatable bonds is 4. The SMILES string of the molecule is CCC(Nc1c(C)cccc1N)c1cccs1. The van der Waals surface area contributed by atoms with Gasteiger partial charge in [0.2, 0.25) is 0 Å². The molecule has 17 heavy (non-hydrogen) atoms. The maximum absolute atomic E-state index is 6.02. The van der Waals surface area contributed by atoms with E-state index >= 15 is 0 Å². The van der Waals surface area contributed by atoms with Gasteiger partial charge in [-0.2, -0.15) is 0 Å². The first-order valence-corrected chi connectivity index (χ1v) is 6.75. The number of nitrogens with one attached hydrogen (secondary N) is 1. The summed E-state index contributed by atoms with van der Waals surface area (Å²) in [6.07, 6.45) is 1.05. The van der Waals surface area contributed by atoms with E-state index in [1.165, 1.54) is 10.4 Å². The third-order valence-electron chi connectivity index (χ3n) is 2.92. The maximum atomic E-state index is 6.02. The summed E-state index contributed by atoms with van der Waals surface area (Å²) in [5.41, 5.74) is 9.10. The monoisotopic (exact) mass is 246 g/mol. The molecule has 1 aromatic heterocycles. The molecule has 0 aliphatic carbocycles. The second-order valence-corrected chi connectivity index (χ2v) is 5.14. The third kappa shape index (κ3) is 2.61. The number of nitrogen functional groups attached to an aromatic ring is 1. The quantitative estimate of drug-likeness (QED) is 0.793. The standard InChI is InChI=1S/C14H18N2S/c1-3-12(13-8-5-9-17-13)16-14-10(2)6-4-7-11(14)15/h4-9,12,16H,3,15H2,1-2H3. The number of hydrogen-bond donors (Lipinski definition) is 2. The van der Waals surface area contributed by atoms with Crippen molar-refractivity contribution >= 4 is 22.7 Å². The van der Waals surface area contributed by atoms with Crippen LogP contribution in [-0.2, 0) is 0 Å². The van der Waals surface area contributed by atoms with E-state index in [4.69, 9.17) is 5.73 Å². The summed E-state index contributed by atoms with van der Waals surface area (Å²) in [5, 5.41) is 5.67. The fourth-order valence-electron chi connectivity index (χ4n) is 1.93. The molecule has 90 valence electrons. The van der Waals surface area contributed by atoms with Gasteiger partial charge in [-0.3, -0.25) is 0 Å². The zero-order chi connectivity index (χ0) is 12.3. The molecule has 0 spiro atoms. The molecule has 0 fully saturated rings. The van der Waals surface area contributed by atoms with E-state index < -0.39 is 0 Å². The van der Waals surface area contributed by atoms with Gasteiger partial charge in [0.1, 0.15) is 0 Å². The first-order valence-electron chi connectivity index (χ1n) is 5.87. The van der Waals surface area contributed by atoms with Gasteiger partial charge in [-0.05, 0) is 36.4 Å². The molecule has 0 aliphatic heterocycles. The lowest BCUT2D eigenvalue weighted by molar-refractivity contribution is 0.763. The van der Waals surface area contributed by atoms with Crippen LogP contribution in [0, 0.1) is 6.92 Å². The number of thiophene rings is 1. The summed E-state index contributed by atoms with van der Waals surface area (Å²) in [5.74, 6) is 0. The van der Waals surface area contributed by atoms with E-state index in [9.17, 15) is 0 Å². The van der Waals surface area contributed by atoms with Crippen LogP contribution in [0.2, 0.25) is 0 Å². The van der Waals surface area contributed by atoms with E-state index in [2.05, 4.69) is 42.7 Å². The number of benzene rings is 1.